The summed E-state index contributed by atoms with van der Waals surface area (Å²) in [6.45, 7) is 1.72. The summed E-state index contributed by atoms with van der Waals surface area (Å²) in [4.78, 5) is 11.7. The molecule has 0 bridgehead atoms. The van der Waals surface area contributed by atoms with Gasteiger partial charge in [0.05, 0.1) is 6.61 Å². The number of ether oxygens (including phenoxy) is 2. The Morgan fingerprint density at radius 3 is 3.00 bits per heavy atom. The van der Waals surface area contributed by atoms with E-state index in [0.29, 0.717) is 11.7 Å². The maximum atomic E-state index is 11.7. The first-order valence-electron chi connectivity index (χ1n) is 6.39. The first kappa shape index (κ1) is 16.9. The standard InChI is InChI=1S/C12H20N4O3.ClH/c1-18-7-9(13)12(17)14-11-6-10(15-16-11)8-2-4-19-5-3-8;/h6,8-9H,2-5,7,13H2,1H3,(H2,14,15,16,17);1H. The van der Waals surface area contributed by atoms with Crippen LogP contribution in [-0.4, -0.2) is 49.1 Å². The fourth-order valence-corrected chi connectivity index (χ4v) is 2.09. The third-order valence-corrected chi connectivity index (χ3v) is 3.19. The molecule has 1 atom stereocenters. The molecule has 4 N–H and O–H groups in total. The van der Waals surface area contributed by atoms with E-state index in [0.717, 1.165) is 31.7 Å². The summed E-state index contributed by atoms with van der Waals surface area (Å²) in [5.41, 5.74) is 6.66. The van der Waals surface area contributed by atoms with Crippen molar-refractivity contribution in [3.8, 4) is 0 Å². The first-order valence-corrected chi connectivity index (χ1v) is 6.39. The molecule has 1 fully saturated rings. The molecule has 1 amide bonds. The van der Waals surface area contributed by atoms with E-state index in [-0.39, 0.29) is 24.9 Å². The summed E-state index contributed by atoms with van der Waals surface area (Å²) in [5.74, 6) is 0.615. The van der Waals surface area contributed by atoms with E-state index in [9.17, 15) is 4.79 Å². The average Bonchev–Trinajstić information content (AvgIpc) is 2.88. The number of halogens is 1. The zero-order chi connectivity index (χ0) is 13.7. The first-order chi connectivity index (χ1) is 9.20. The number of carbonyl (C=O) groups is 1. The molecule has 1 unspecified atom stereocenters. The second-order valence-electron chi connectivity index (χ2n) is 4.65. The van der Waals surface area contributed by atoms with Gasteiger partial charge in [0.15, 0.2) is 5.82 Å². The lowest BCUT2D eigenvalue weighted by Gasteiger charge is -2.20. The van der Waals surface area contributed by atoms with Crippen LogP contribution in [0.5, 0.6) is 0 Å². The molecule has 2 heterocycles. The van der Waals surface area contributed by atoms with Crippen LogP contribution < -0.4 is 11.1 Å². The summed E-state index contributed by atoms with van der Waals surface area (Å²) < 4.78 is 10.2. The Morgan fingerprint density at radius 1 is 1.65 bits per heavy atom. The smallest absolute Gasteiger partial charge is 0.244 e. The van der Waals surface area contributed by atoms with Gasteiger partial charge < -0.3 is 20.5 Å². The van der Waals surface area contributed by atoms with Crippen LogP contribution in [0.4, 0.5) is 5.82 Å². The lowest BCUT2D eigenvalue weighted by Crippen LogP contribution is -2.39. The minimum Gasteiger partial charge on any atom is -0.383 e. The van der Waals surface area contributed by atoms with Gasteiger partial charge in [-0.15, -0.1) is 12.4 Å². The van der Waals surface area contributed by atoms with E-state index in [1.165, 1.54) is 7.11 Å². The molecule has 0 aromatic carbocycles. The van der Waals surface area contributed by atoms with Crippen LogP contribution in [0.15, 0.2) is 6.07 Å². The highest BCUT2D eigenvalue weighted by Gasteiger charge is 2.19. The second kappa shape index (κ2) is 8.21. The van der Waals surface area contributed by atoms with Gasteiger partial charge in [-0.05, 0) is 12.8 Å². The van der Waals surface area contributed by atoms with Crippen molar-refractivity contribution >= 4 is 24.1 Å². The molecule has 1 saturated heterocycles. The Hall–Kier alpha value is -1.15. The van der Waals surface area contributed by atoms with Crippen LogP contribution in [0.25, 0.3) is 0 Å². The number of hydrogen-bond acceptors (Lipinski definition) is 5. The predicted molar refractivity (Wildman–Crippen MR) is 77.1 cm³/mol. The highest BCUT2D eigenvalue weighted by molar-refractivity contribution is 5.94. The Labute approximate surface area is 124 Å². The molecule has 1 aromatic heterocycles. The van der Waals surface area contributed by atoms with E-state index in [1.807, 2.05) is 6.07 Å². The van der Waals surface area contributed by atoms with Crippen LogP contribution in [-0.2, 0) is 14.3 Å². The molecular formula is C12H21ClN4O3. The number of nitrogens with one attached hydrogen (secondary N) is 2. The van der Waals surface area contributed by atoms with Crippen molar-refractivity contribution in [2.75, 3.05) is 32.2 Å². The molecule has 1 aliphatic heterocycles. The van der Waals surface area contributed by atoms with Gasteiger partial charge in [-0.2, -0.15) is 5.10 Å². The largest absolute Gasteiger partial charge is 0.383 e. The second-order valence-corrected chi connectivity index (χ2v) is 4.65. The number of carbonyl (C=O) groups excluding carboxylic acids is 1. The van der Waals surface area contributed by atoms with Crippen molar-refractivity contribution in [2.45, 2.75) is 24.8 Å². The molecule has 0 aliphatic carbocycles. The number of aromatic amines is 1. The Balaban J connectivity index is 0.00000200. The van der Waals surface area contributed by atoms with Crippen molar-refractivity contribution in [1.82, 2.24) is 10.2 Å². The van der Waals surface area contributed by atoms with Crippen molar-refractivity contribution in [3.63, 3.8) is 0 Å². The van der Waals surface area contributed by atoms with E-state index in [2.05, 4.69) is 15.5 Å². The average molecular weight is 305 g/mol. The number of H-pyrrole nitrogens is 1. The quantitative estimate of drug-likeness (QED) is 0.741. The number of anilines is 1. The van der Waals surface area contributed by atoms with Crippen molar-refractivity contribution in [3.05, 3.63) is 11.8 Å². The van der Waals surface area contributed by atoms with Gasteiger partial charge in [0.25, 0.3) is 0 Å². The number of nitrogens with two attached hydrogens (primary N) is 1. The van der Waals surface area contributed by atoms with Gasteiger partial charge in [0, 0.05) is 38.0 Å². The van der Waals surface area contributed by atoms with Crippen LogP contribution in [0.3, 0.4) is 0 Å². The van der Waals surface area contributed by atoms with Crippen molar-refractivity contribution in [1.29, 1.82) is 0 Å². The Kier molecular flexibility index (Phi) is 6.94. The molecule has 0 radical (unpaired) electrons. The summed E-state index contributed by atoms with van der Waals surface area (Å²) >= 11 is 0. The lowest BCUT2D eigenvalue weighted by molar-refractivity contribution is -0.118. The fraction of sp³-hybridized carbons (Fsp3) is 0.667. The molecule has 2 rings (SSSR count). The molecule has 1 aromatic rings. The van der Waals surface area contributed by atoms with Crippen LogP contribution in [0.2, 0.25) is 0 Å². The molecule has 8 heteroatoms. The number of aromatic nitrogens is 2. The molecule has 20 heavy (non-hydrogen) atoms. The number of rotatable bonds is 5. The SMILES string of the molecule is COCC(N)C(=O)Nc1cc(C2CCOCC2)[nH]n1.Cl. The van der Waals surface area contributed by atoms with E-state index >= 15 is 0 Å². The number of hydrogen-bond donors (Lipinski definition) is 3. The molecule has 0 saturated carbocycles. The van der Waals surface area contributed by atoms with Gasteiger partial charge in [0.1, 0.15) is 6.04 Å². The van der Waals surface area contributed by atoms with E-state index in [4.69, 9.17) is 15.2 Å². The molecule has 114 valence electrons. The lowest BCUT2D eigenvalue weighted by atomic mass is 9.97. The molecule has 0 spiro atoms. The van der Waals surface area contributed by atoms with Crippen molar-refractivity contribution in [2.24, 2.45) is 5.73 Å². The summed E-state index contributed by atoms with van der Waals surface area (Å²) in [7, 11) is 1.50. The highest BCUT2D eigenvalue weighted by atomic mass is 35.5. The Bertz CT molecular complexity index is 421. The van der Waals surface area contributed by atoms with Crippen molar-refractivity contribution < 1.29 is 14.3 Å². The number of amides is 1. The van der Waals surface area contributed by atoms with Crippen LogP contribution in [0, 0.1) is 0 Å². The monoisotopic (exact) mass is 304 g/mol. The third kappa shape index (κ3) is 4.45. The van der Waals surface area contributed by atoms with Crippen LogP contribution in [0.1, 0.15) is 24.5 Å². The third-order valence-electron chi connectivity index (χ3n) is 3.19. The number of nitrogens with zero attached hydrogens (tertiary/aromatic N) is 1. The maximum Gasteiger partial charge on any atom is 0.244 e. The number of methoxy groups -OCH3 is 1. The summed E-state index contributed by atoms with van der Waals surface area (Å²) in [5, 5.41) is 9.71. The van der Waals surface area contributed by atoms with E-state index in [1.54, 1.807) is 0 Å². The predicted octanol–water partition coefficient (Wildman–Crippen LogP) is 0.638. The minimum absolute atomic E-state index is 0. The Morgan fingerprint density at radius 2 is 2.35 bits per heavy atom. The maximum absolute atomic E-state index is 11.7. The zero-order valence-electron chi connectivity index (χ0n) is 11.4. The van der Waals surface area contributed by atoms with Gasteiger partial charge in [-0.1, -0.05) is 0 Å². The van der Waals surface area contributed by atoms with Gasteiger partial charge in [0.2, 0.25) is 5.91 Å². The van der Waals surface area contributed by atoms with Crippen LogP contribution >= 0.6 is 12.4 Å². The highest BCUT2D eigenvalue weighted by Crippen LogP contribution is 2.26. The summed E-state index contributed by atoms with van der Waals surface area (Å²) in [6, 6.07) is 1.17. The van der Waals surface area contributed by atoms with Gasteiger partial charge in [-0.3, -0.25) is 9.89 Å². The van der Waals surface area contributed by atoms with E-state index < -0.39 is 6.04 Å². The fourth-order valence-electron chi connectivity index (χ4n) is 2.09. The molecule has 7 nitrogen and oxygen atoms in total. The molecular weight excluding hydrogens is 284 g/mol. The topological polar surface area (TPSA) is 102 Å². The summed E-state index contributed by atoms with van der Waals surface area (Å²) in [6.07, 6.45) is 1.94. The normalized spacial score (nSPS) is 17.3. The van der Waals surface area contributed by atoms with Gasteiger partial charge >= 0.3 is 0 Å². The van der Waals surface area contributed by atoms with Gasteiger partial charge in [-0.25, -0.2) is 0 Å². The molecule has 1 aliphatic rings. The zero-order valence-corrected chi connectivity index (χ0v) is 12.2. The minimum atomic E-state index is -0.687.